The number of likely N-dealkylation sites (N-methyl/N-ethyl adjacent to an activating group) is 2. The van der Waals surface area contributed by atoms with E-state index in [1.165, 1.54) is 38.5 Å². The topological polar surface area (TPSA) is 23.6 Å². The quantitative estimate of drug-likeness (QED) is 0.771. The van der Waals surface area contributed by atoms with Gasteiger partial charge >= 0.3 is 0 Å². The number of carbonyl (C=O) groups excluding carboxylic acids is 1. The van der Waals surface area contributed by atoms with Gasteiger partial charge < -0.3 is 9.80 Å². The Labute approximate surface area is 128 Å². The number of amides is 1. The van der Waals surface area contributed by atoms with Gasteiger partial charge in [0.25, 0.3) is 0 Å². The second-order valence-corrected chi connectivity index (χ2v) is 6.00. The van der Waals surface area contributed by atoms with Crippen LogP contribution in [0.25, 0.3) is 0 Å². The number of nitrogens with zero attached hydrogens (tertiary/aromatic N) is 2. The first-order valence-electron chi connectivity index (χ1n) is 8.28. The molecule has 0 aromatic heterocycles. The van der Waals surface area contributed by atoms with Gasteiger partial charge in [0.1, 0.15) is 0 Å². The molecule has 1 aliphatic carbocycles. The van der Waals surface area contributed by atoms with Crippen LogP contribution < -0.4 is 4.90 Å². The molecule has 116 valence electrons. The van der Waals surface area contributed by atoms with Crippen LogP contribution in [0.5, 0.6) is 0 Å². The van der Waals surface area contributed by atoms with Crippen LogP contribution in [0.4, 0.5) is 5.69 Å². The highest BCUT2D eigenvalue weighted by molar-refractivity contribution is 5.81. The molecule has 3 nitrogen and oxygen atoms in total. The fourth-order valence-corrected chi connectivity index (χ4v) is 3.15. The van der Waals surface area contributed by atoms with Gasteiger partial charge in [-0.2, -0.15) is 0 Å². The summed E-state index contributed by atoms with van der Waals surface area (Å²) in [4.78, 5) is 16.7. The van der Waals surface area contributed by atoms with E-state index in [4.69, 9.17) is 0 Å². The van der Waals surface area contributed by atoms with Crippen LogP contribution in [0, 0.1) is 0 Å². The van der Waals surface area contributed by atoms with Crippen molar-refractivity contribution in [2.45, 2.75) is 51.5 Å². The van der Waals surface area contributed by atoms with Crippen molar-refractivity contribution >= 4 is 11.6 Å². The molecule has 1 aromatic rings. The molecule has 1 amide bonds. The first-order valence-corrected chi connectivity index (χ1v) is 8.28. The number of carbonyl (C=O) groups is 1. The van der Waals surface area contributed by atoms with Crippen LogP contribution in [0.2, 0.25) is 0 Å². The van der Waals surface area contributed by atoms with Crippen molar-refractivity contribution < 1.29 is 4.79 Å². The molecule has 0 heterocycles. The molecular weight excluding hydrogens is 260 g/mol. The number of para-hydroxylation sites is 1. The van der Waals surface area contributed by atoms with Crippen molar-refractivity contribution in [3.05, 3.63) is 30.3 Å². The average molecular weight is 288 g/mol. The van der Waals surface area contributed by atoms with Crippen molar-refractivity contribution in [3.63, 3.8) is 0 Å². The van der Waals surface area contributed by atoms with E-state index in [9.17, 15) is 4.79 Å². The second-order valence-electron chi connectivity index (χ2n) is 6.00. The predicted molar refractivity (Wildman–Crippen MR) is 88.6 cm³/mol. The molecule has 0 spiro atoms. The minimum absolute atomic E-state index is 0.243. The summed E-state index contributed by atoms with van der Waals surface area (Å²) in [5, 5.41) is 0. The lowest BCUT2D eigenvalue weighted by Crippen LogP contribution is -2.43. The Bertz CT molecular complexity index is 424. The minimum Gasteiger partial charge on any atom is -0.362 e. The zero-order valence-corrected chi connectivity index (χ0v) is 13.4. The maximum Gasteiger partial charge on any atom is 0.242 e. The molecule has 3 heteroatoms. The van der Waals surface area contributed by atoms with Gasteiger partial charge in [-0.3, -0.25) is 4.79 Å². The Hall–Kier alpha value is -1.51. The van der Waals surface area contributed by atoms with E-state index in [-0.39, 0.29) is 5.91 Å². The molecule has 2 rings (SSSR count). The lowest BCUT2D eigenvalue weighted by molar-refractivity contribution is -0.130. The highest BCUT2D eigenvalue weighted by Gasteiger charge is 2.22. The summed E-state index contributed by atoms with van der Waals surface area (Å²) in [7, 11) is 1.98. The maximum absolute atomic E-state index is 12.6. The monoisotopic (exact) mass is 288 g/mol. The van der Waals surface area contributed by atoms with Gasteiger partial charge in [0.2, 0.25) is 5.91 Å². The van der Waals surface area contributed by atoms with E-state index in [2.05, 4.69) is 24.0 Å². The van der Waals surface area contributed by atoms with Crippen molar-refractivity contribution in [2.75, 3.05) is 25.0 Å². The van der Waals surface area contributed by atoms with Crippen molar-refractivity contribution in [1.29, 1.82) is 0 Å². The van der Waals surface area contributed by atoms with Crippen molar-refractivity contribution in [3.8, 4) is 0 Å². The molecule has 0 atom stereocenters. The largest absolute Gasteiger partial charge is 0.362 e. The third kappa shape index (κ3) is 4.48. The van der Waals surface area contributed by atoms with Crippen LogP contribution in [-0.4, -0.2) is 37.0 Å². The highest BCUT2D eigenvalue weighted by atomic mass is 16.2. The van der Waals surface area contributed by atoms with Crippen LogP contribution in [0.15, 0.2) is 30.3 Å². The van der Waals surface area contributed by atoms with Gasteiger partial charge in [-0.15, -0.1) is 0 Å². The summed E-state index contributed by atoms with van der Waals surface area (Å²) >= 11 is 0. The van der Waals surface area contributed by atoms with E-state index in [1.54, 1.807) is 0 Å². The molecule has 0 radical (unpaired) electrons. The Balaban J connectivity index is 1.95. The lowest BCUT2D eigenvalue weighted by atomic mass is 10.1. The minimum atomic E-state index is 0.243. The van der Waals surface area contributed by atoms with E-state index >= 15 is 0 Å². The first-order chi connectivity index (χ1) is 10.2. The standard InChI is InChI=1S/C18H28N2O/c1-3-20(17-13-9-6-10-14-17)15-18(21)19(2)16-11-7-4-5-8-12-16/h6,9-10,13-14,16H,3-5,7-8,11-12,15H2,1-2H3. The fourth-order valence-electron chi connectivity index (χ4n) is 3.15. The molecule has 21 heavy (non-hydrogen) atoms. The summed E-state index contributed by atoms with van der Waals surface area (Å²) in [6, 6.07) is 10.6. The van der Waals surface area contributed by atoms with Crippen molar-refractivity contribution in [1.82, 2.24) is 4.90 Å². The summed E-state index contributed by atoms with van der Waals surface area (Å²) in [6.45, 7) is 3.44. The third-order valence-electron chi connectivity index (χ3n) is 4.59. The molecule has 0 unspecified atom stereocenters. The molecule has 0 bridgehead atoms. The smallest absolute Gasteiger partial charge is 0.242 e. The molecule has 0 saturated heterocycles. The highest BCUT2D eigenvalue weighted by Crippen LogP contribution is 2.21. The van der Waals surface area contributed by atoms with E-state index in [0.29, 0.717) is 12.6 Å². The SMILES string of the molecule is CCN(CC(=O)N(C)C1CCCCCC1)c1ccccc1. The van der Waals surface area contributed by atoms with Gasteiger partial charge in [0.15, 0.2) is 0 Å². The number of rotatable bonds is 5. The second kappa shape index (κ2) is 8.06. The Morgan fingerprint density at radius 1 is 1.10 bits per heavy atom. The van der Waals surface area contributed by atoms with Crippen molar-refractivity contribution in [2.24, 2.45) is 0 Å². The lowest BCUT2D eigenvalue weighted by Gasteiger charge is -2.30. The molecule has 0 N–H and O–H groups in total. The van der Waals surface area contributed by atoms with Gasteiger partial charge in [-0.1, -0.05) is 43.9 Å². The Kier molecular flexibility index (Phi) is 6.09. The zero-order chi connectivity index (χ0) is 15.1. The molecule has 1 aromatic carbocycles. The van der Waals surface area contributed by atoms with E-state index in [0.717, 1.165) is 12.2 Å². The van der Waals surface area contributed by atoms with Crippen LogP contribution >= 0.6 is 0 Å². The first kappa shape index (κ1) is 15.9. The summed E-state index contributed by atoms with van der Waals surface area (Å²) < 4.78 is 0. The Morgan fingerprint density at radius 2 is 1.71 bits per heavy atom. The molecule has 0 aliphatic heterocycles. The van der Waals surface area contributed by atoms with Crippen LogP contribution in [0.3, 0.4) is 0 Å². The number of hydrogen-bond donors (Lipinski definition) is 0. The molecular formula is C18H28N2O. The van der Waals surface area contributed by atoms with E-state index < -0.39 is 0 Å². The summed E-state index contributed by atoms with van der Waals surface area (Å²) in [5.74, 6) is 0.243. The normalized spacial score (nSPS) is 16.3. The van der Waals surface area contributed by atoms with Crippen LogP contribution in [0.1, 0.15) is 45.4 Å². The van der Waals surface area contributed by atoms with Gasteiger partial charge in [0, 0.05) is 25.3 Å². The average Bonchev–Trinajstić information content (AvgIpc) is 2.81. The van der Waals surface area contributed by atoms with Gasteiger partial charge in [-0.05, 0) is 31.9 Å². The zero-order valence-electron chi connectivity index (χ0n) is 13.4. The molecule has 1 fully saturated rings. The number of benzene rings is 1. The molecule has 1 aliphatic rings. The van der Waals surface area contributed by atoms with Gasteiger partial charge in [-0.25, -0.2) is 0 Å². The van der Waals surface area contributed by atoms with Gasteiger partial charge in [0.05, 0.1) is 6.54 Å². The summed E-state index contributed by atoms with van der Waals surface area (Å²) in [6.07, 6.45) is 7.50. The Morgan fingerprint density at radius 3 is 2.29 bits per heavy atom. The summed E-state index contributed by atoms with van der Waals surface area (Å²) in [5.41, 5.74) is 1.13. The molecule has 1 saturated carbocycles. The number of anilines is 1. The van der Waals surface area contributed by atoms with E-state index in [1.807, 2.05) is 30.1 Å². The third-order valence-corrected chi connectivity index (χ3v) is 4.59. The van der Waals surface area contributed by atoms with Crippen LogP contribution in [-0.2, 0) is 4.79 Å². The number of hydrogen-bond acceptors (Lipinski definition) is 2. The predicted octanol–water partition coefficient (Wildman–Crippen LogP) is 3.69. The fraction of sp³-hybridized carbons (Fsp3) is 0.611. The maximum atomic E-state index is 12.6.